The fourth-order valence-corrected chi connectivity index (χ4v) is 3.93. The Bertz CT molecular complexity index is 393. The molecule has 0 amide bonds. The third kappa shape index (κ3) is 7.48. The summed E-state index contributed by atoms with van der Waals surface area (Å²) >= 11 is 0. The average molecular weight is 481 g/mol. The minimum atomic E-state index is 0. The van der Waals surface area contributed by atoms with Gasteiger partial charge in [-0.15, -0.1) is 24.0 Å². The van der Waals surface area contributed by atoms with Crippen LogP contribution < -0.4 is 10.6 Å². The Hall–Kier alpha value is -0.120. The van der Waals surface area contributed by atoms with Gasteiger partial charge in [0.2, 0.25) is 0 Å². The third-order valence-corrected chi connectivity index (χ3v) is 5.56. The fourth-order valence-electron chi connectivity index (χ4n) is 3.93. The summed E-state index contributed by atoms with van der Waals surface area (Å²) in [7, 11) is 2.24. The summed E-state index contributed by atoms with van der Waals surface area (Å²) in [5, 5.41) is 6.79. The van der Waals surface area contributed by atoms with Gasteiger partial charge in [0.1, 0.15) is 0 Å². The lowest BCUT2D eigenvalue weighted by atomic mass is 9.84. The second kappa shape index (κ2) is 13.1. The van der Waals surface area contributed by atoms with Crippen molar-refractivity contribution >= 4 is 29.9 Å². The zero-order valence-electron chi connectivity index (χ0n) is 17.1. The first-order chi connectivity index (χ1) is 12.2. The molecule has 0 spiro atoms. The smallest absolute Gasteiger partial charge is 0.191 e. The van der Waals surface area contributed by atoms with E-state index < -0.39 is 0 Å². The molecule has 0 unspecified atom stereocenters. The number of aliphatic imine (C=N–C) groups is 1. The predicted molar refractivity (Wildman–Crippen MR) is 121 cm³/mol. The summed E-state index contributed by atoms with van der Waals surface area (Å²) in [6.07, 6.45) is 6.52. The largest absolute Gasteiger partial charge is 0.380 e. The summed E-state index contributed by atoms with van der Waals surface area (Å²) in [4.78, 5) is 10.2. The second-order valence-corrected chi connectivity index (χ2v) is 7.39. The molecule has 2 saturated heterocycles. The first-order valence-electron chi connectivity index (χ1n) is 10.2. The molecule has 2 aliphatic rings. The van der Waals surface area contributed by atoms with Crippen LogP contribution in [-0.4, -0.2) is 87.4 Å². The maximum atomic E-state index is 5.42. The molecule has 6 nitrogen and oxygen atoms in total. The molecule has 0 aliphatic carbocycles. The average Bonchev–Trinajstić information content (AvgIpc) is 2.65. The topological polar surface area (TPSA) is 52.1 Å². The van der Waals surface area contributed by atoms with Gasteiger partial charge in [-0.3, -0.25) is 9.89 Å². The number of piperidine rings is 2. The van der Waals surface area contributed by atoms with Crippen molar-refractivity contribution in [2.75, 3.05) is 66.1 Å². The van der Waals surface area contributed by atoms with E-state index in [1.54, 1.807) is 0 Å². The Morgan fingerprint density at radius 2 is 1.73 bits per heavy atom. The molecule has 154 valence electrons. The molecule has 2 aliphatic heterocycles. The van der Waals surface area contributed by atoms with Crippen molar-refractivity contribution < 1.29 is 4.74 Å². The second-order valence-electron chi connectivity index (χ2n) is 7.39. The molecule has 2 fully saturated rings. The third-order valence-electron chi connectivity index (χ3n) is 5.56. The Labute approximate surface area is 177 Å². The molecule has 2 N–H and O–H groups in total. The van der Waals surface area contributed by atoms with E-state index in [4.69, 9.17) is 9.73 Å². The van der Waals surface area contributed by atoms with Gasteiger partial charge in [-0.25, -0.2) is 0 Å². The Balaban J connectivity index is 0.00000338. The minimum Gasteiger partial charge on any atom is -0.380 e. The van der Waals surface area contributed by atoms with E-state index in [1.807, 2.05) is 6.92 Å². The molecule has 0 radical (unpaired) electrons. The van der Waals surface area contributed by atoms with E-state index in [2.05, 4.69) is 34.4 Å². The molecule has 0 bridgehead atoms. The normalized spacial score (nSPS) is 21.9. The summed E-state index contributed by atoms with van der Waals surface area (Å²) in [6, 6.07) is 0. The van der Waals surface area contributed by atoms with Crippen molar-refractivity contribution in [3.05, 3.63) is 0 Å². The minimum absolute atomic E-state index is 0. The Morgan fingerprint density at radius 3 is 2.35 bits per heavy atom. The maximum absolute atomic E-state index is 5.42. The monoisotopic (exact) mass is 481 g/mol. The molecule has 7 heteroatoms. The number of ether oxygens (including phenoxy) is 1. The maximum Gasteiger partial charge on any atom is 0.191 e. The highest BCUT2D eigenvalue weighted by atomic mass is 127. The van der Waals surface area contributed by atoms with Crippen LogP contribution in [0.2, 0.25) is 0 Å². The van der Waals surface area contributed by atoms with Gasteiger partial charge in [0.25, 0.3) is 0 Å². The Morgan fingerprint density at radius 1 is 1.04 bits per heavy atom. The lowest BCUT2D eigenvalue weighted by Crippen LogP contribution is -2.58. The summed E-state index contributed by atoms with van der Waals surface area (Å²) < 4.78 is 5.42. The lowest BCUT2D eigenvalue weighted by Gasteiger charge is -2.49. The van der Waals surface area contributed by atoms with E-state index in [0.29, 0.717) is 0 Å². The van der Waals surface area contributed by atoms with Crippen molar-refractivity contribution in [1.29, 1.82) is 0 Å². The summed E-state index contributed by atoms with van der Waals surface area (Å²) in [6.45, 7) is 13.1. The molecule has 0 aromatic heterocycles. The molecule has 0 saturated carbocycles. The van der Waals surface area contributed by atoms with Crippen LogP contribution in [0.4, 0.5) is 0 Å². The standard InChI is InChI=1S/C19H39N5O.HI/c1-4-20-18(21-11-16-25-5-2)22-17-19(9-14-23(3)15-10-19)24-12-7-6-8-13-24;/h4-17H2,1-3H3,(H2,20,21,22);1H. The van der Waals surface area contributed by atoms with E-state index in [-0.39, 0.29) is 29.5 Å². The van der Waals surface area contributed by atoms with Crippen LogP contribution in [0.25, 0.3) is 0 Å². The molecular formula is C19H40IN5O. The zero-order chi connectivity index (χ0) is 18.0. The van der Waals surface area contributed by atoms with Crippen molar-refractivity contribution in [3.8, 4) is 0 Å². The van der Waals surface area contributed by atoms with Gasteiger partial charge in [0.15, 0.2) is 5.96 Å². The Kier molecular flexibility index (Phi) is 12.1. The van der Waals surface area contributed by atoms with Gasteiger partial charge in [-0.05, 0) is 72.8 Å². The number of halogens is 1. The van der Waals surface area contributed by atoms with Gasteiger partial charge in [-0.1, -0.05) is 6.42 Å². The highest BCUT2D eigenvalue weighted by Crippen LogP contribution is 2.31. The molecule has 0 aromatic rings. The number of hydrogen-bond donors (Lipinski definition) is 2. The van der Waals surface area contributed by atoms with E-state index in [9.17, 15) is 0 Å². The van der Waals surface area contributed by atoms with Gasteiger partial charge < -0.3 is 20.3 Å². The van der Waals surface area contributed by atoms with Crippen LogP contribution in [0.1, 0.15) is 46.0 Å². The van der Waals surface area contributed by atoms with Gasteiger partial charge in [0, 0.05) is 25.2 Å². The van der Waals surface area contributed by atoms with Crippen LogP contribution in [0, 0.1) is 0 Å². The number of hydrogen-bond acceptors (Lipinski definition) is 4. The van der Waals surface area contributed by atoms with Crippen LogP contribution in [0.15, 0.2) is 4.99 Å². The summed E-state index contributed by atoms with van der Waals surface area (Å²) in [5.74, 6) is 0.928. The van der Waals surface area contributed by atoms with Crippen molar-refractivity contribution in [2.45, 2.75) is 51.5 Å². The van der Waals surface area contributed by atoms with Crippen LogP contribution in [0.3, 0.4) is 0 Å². The molecule has 2 heterocycles. The number of guanidine groups is 1. The van der Waals surface area contributed by atoms with Crippen LogP contribution in [0.5, 0.6) is 0 Å². The van der Waals surface area contributed by atoms with Crippen LogP contribution >= 0.6 is 24.0 Å². The molecule has 2 rings (SSSR count). The lowest BCUT2D eigenvalue weighted by molar-refractivity contribution is 0.0208. The highest BCUT2D eigenvalue weighted by molar-refractivity contribution is 14.0. The first kappa shape index (κ1) is 23.9. The number of likely N-dealkylation sites (tertiary alicyclic amines) is 2. The van der Waals surface area contributed by atoms with E-state index in [1.165, 1.54) is 58.3 Å². The predicted octanol–water partition coefficient (Wildman–Crippen LogP) is 2.15. The summed E-state index contributed by atoms with van der Waals surface area (Å²) in [5.41, 5.74) is 0.245. The number of nitrogens with one attached hydrogen (secondary N) is 2. The van der Waals surface area contributed by atoms with Crippen molar-refractivity contribution in [2.24, 2.45) is 4.99 Å². The van der Waals surface area contributed by atoms with Gasteiger partial charge in [-0.2, -0.15) is 0 Å². The molecule has 0 aromatic carbocycles. The molecule has 0 atom stereocenters. The van der Waals surface area contributed by atoms with Crippen molar-refractivity contribution in [1.82, 2.24) is 20.4 Å². The molecule has 26 heavy (non-hydrogen) atoms. The molecular weight excluding hydrogens is 441 g/mol. The van der Waals surface area contributed by atoms with Gasteiger partial charge >= 0.3 is 0 Å². The van der Waals surface area contributed by atoms with Crippen molar-refractivity contribution in [3.63, 3.8) is 0 Å². The number of rotatable bonds is 8. The number of nitrogens with zero attached hydrogens (tertiary/aromatic N) is 3. The van der Waals surface area contributed by atoms with E-state index in [0.717, 1.165) is 38.8 Å². The van der Waals surface area contributed by atoms with Crippen LogP contribution in [-0.2, 0) is 4.74 Å². The van der Waals surface area contributed by atoms with E-state index >= 15 is 0 Å². The SMILES string of the molecule is CCNC(=NCC1(N2CCCCC2)CCN(C)CC1)NCCOCC.I. The van der Waals surface area contributed by atoms with Gasteiger partial charge in [0.05, 0.1) is 13.2 Å². The quantitative estimate of drug-likeness (QED) is 0.241. The first-order valence-corrected chi connectivity index (χ1v) is 10.2. The fraction of sp³-hybridized carbons (Fsp3) is 0.947. The highest BCUT2D eigenvalue weighted by Gasteiger charge is 2.39. The zero-order valence-corrected chi connectivity index (χ0v) is 19.4.